The van der Waals surface area contributed by atoms with Crippen molar-refractivity contribution in [3.05, 3.63) is 36.2 Å². The van der Waals surface area contributed by atoms with Crippen molar-refractivity contribution in [1.82, 2.24) is 10.3 Å². The Labute approximate surface area is 117 Å². The number of hydrogen-bond acceptors (Lipinski definition) is 5. The summed E-state index contributed by atoms with van der Waals surface area (Å²) in [5, 5.41) is 3.38. The Hall–Kier alpha value is -2.01. The van der Waals surface area contributed by atoms with Crippen LogP contribution < -0.4 is 14.8 Å². The number of hydrogen-bond donors (Lipinski definition) is 1. The predicted octanol–water partition coefficient (Wildman–Crippen LogP) is 3.12. The molecule has 1 aliphatic carbocycles. The fourth-order valence-electron chi connectivity index (χ4n) is 1.85. The van der Waals surface area contributed by atoms with E-state index < -0.39 is 0 Å². The van der Waals surface area contributed by atoms with Crippen LogP contribution in [0.25, 0.3) is 0 Å². The van der Waals surface area contributed by atoms with E-state index in [0.717, 1.165) is 18.0 Å². The van der Waals surface area contributed by atoms with E-state index >= 15 is 0 Å². The summed E-state index contributed by atoms with van der Waals surface area (Å²) in [5.74, 6) is 1.42. The SMILES string of the molecule is CCOc1cccc(Oc2nc(CNC3CC3)co2)c1. The minimum absolute atomic E-state index is 0.256. The van der Waals surface area contributed by atoms with Gasteiger partial charge in [0, 0.05) is 18.7 Å². The Bertz CT molecular complexity index is 564. The summed E-state index contributed by atoms with van der Waals surface area (Å²) in [5.41, 5.74) is 0.855. The van der Waals surface area contributed by atoms with E-state index in [9.17, 15) is 0 Å². The fraction of sp³-hybridized carbons (Fsp3) is 0.400. The quantitative estimate of drug-likeness (QED) is 0.840. The van der Waals surface area contributed by atoms with Crippen molar-refractivity contribution in [2.24, 2.45) is 0 Å². The van der Waals surface area contributed by atoms with E-state index in [1.165, 1.54) is 12.8 Å². The van der Waals surface area contributed by atoms with Gasteiger partial charge in [-0.1, -0.05) is 6.07 Å². The van der Waals surface area contributed by atoms with Crippen LogP contribution in [-0.2, 0) is 6.54 Å². The van der Waals surface area contributed by atoms with Gasteiger partial charge in [0.2, 0.25) is 0 Å². The van der Waals surface area contributed by atoms with Crippen molar-refractivity contribution in [3.8, 4) is 17.6 Å². The Kier molecular flexibility index (Phi) is 3.87. The van der Waals surface area contributed by atoms with Crippen LogP contribution in [0.4, 0.5) is 0 Å². The number of aromatic nitrogens is 1. The van der Waals surface area contributed by atoms with Gasteiger partial charge in [0.25, 0.3) is 0 Å². The maximum Gasteiger partial charge on any atom is 0.399 e. The molecule has 1 saturated carbocycles. The number of oxazole rings is 1. The zero-order chi connectivity index (χ0) is 13.8. The molecule has 0 atom stereocenters. The van der Waals surface area contributed by atoms with Crippen LogP contribution >= 0.6 is 0 Å². The molecule has 1 aromatic carbocycles. The number of ether oxygens (including phenoxy) is 2. The van der Waals surface area contributed by atoms with Crippen LogP contribution in [-0.4, -0.2) is 17.6 Å². The van der Waals surface area contributed by atoms with Crippen LogP contribution in [0.1, 0.15) is 25.5 Å². The number of rotatable bonds is 7. The first-order valence-corrected chi connectivity index (χ1v) is 6.92. The Morgan fingerprint density at radius 1 is 1.35 bits per heavy atom. The maximum atomic E-state index is 5.58. The molecule has 1 N–H and O–H groups in total. The molecule has 1 aliphatic rings. The number of benzene rings is 1. The first-order chi connectivity index (χ1) is 9.83. The molecule has 0 saturated heterocycles. The molecule has 3 rings (SSSR count). The number of nitrogens with zero attached hydrogens (tertiary/aromatic N) is 1. The second-order valence-corrected chi connectivity index (χ2v) is 4.77. The molecule has 20 heavy (non-hydrogen) atoms. The highest BCUT2D eigenvalue weighted by Gasteiger charge is 2.20. The summed E-state index contributed by atoms with van der Waals surface area (Å²) in [7, 11) is 0. The molecule has 0 amide bonds. The fourth-order valence-corrected chi connectivity index (χ4v) is 1.85. The predicted molar refractivity (Wildman–Crippen MR) is 74.0 cm³/mol. The first-order valence-electron chi connectivity index (χ1n) is 6.92. The summed E-state index contributed by atoms with van der Waals surface area (Å²) >= 11 is 0. The smallest absolute Gasteiger partial charge is 0.399 e. The molecule has 1 heterocycles. The summed E-state index contributed by atoms with van der Waals surface area (Å²) in [6, 6.07) is 8.07. The van der Waals surface area contributed by atoms with Crippen LogP contribution in [0.3, 0.4) is 0 Å². The number of nitrogens with one attached hydrogen (secondary N) is 1. The topological polar surface area (TPSA) is 56.5 Å². The molecule has 2 aromatic rings. The lowest BCUT2D eigenvalue weighted by molar-refractivity contribution is 0.321. The molecule has 5 heteroatoms. The third-order valence-electron chi connectivity index (χ3n) is 3.00. The Morgan fingerprint density at radius 3 is 3.00 bits per heavy atom. The van der Waals surface area contributed by atoms with Gasteiger partial charge in [-0.25, -0.2) is 0 Å². The zero-order valence-electron chi connectivity index (χ0n) is 11.5. The van der Waals surface area contributed by atoms with E-state index in [2.05, 4.69) is 10.3 Å². The molecule has 0 unspecified atom stereocenters. The van der Waals surface area contributed by atoms with E-state index in [1.54, 1.807) is 6.26 Å². The summed E-state index contributed by atoms with van der Waals surface area (Å²) in [6.45, 7) is 3.29. The second-order valence-electron chi connectivity index (χ2n) is 4.77. The van der Waals surface area contributed by atoms with E-state index in [0.29, 0.717) is 18.4 Å². The van der Waals surface area contributed by atoms with E-state index in [1.807, 2.05) is 31.2 Å². The molecular weight excluding hydrogens is 256 g/mol. The average molecular weight is 274 g/mol. The average Bonchev–Trinajstić information content (AvgIpc) is 3.18. The van der Waals surface area contributed by atoms with Crippen molar-refractivity contribution in [3.63, 3.8) is 0 Å². The highest BCUT2D eigenvalue weighted by molar-refractivity contribution is 5.34. The Morgan fingerprint density at radius 2 is 2.20 bits per heavy atom. The van der Waals surface area contributed by atoms with Gasteiger partial charge in [-0.15, -0.1) is 0 Å². The Balaban J connectivity index is 1.60. The van der Waals surface area contributed by atoms with Crippen LogP contribution in [0, 0.1) is 0 Å². The monoisotopic (exact) mass is 274 g/mol. The zero-order valence-corrected chi connectivity index (χ0v) is 11.5. The van der Waals surface area contributed by atoms with Crippen molar-refractivity contribution in [2.45, 2.75) is 32.4 Å². The van der Waals surface area contributed by atoms with Crippen molar-refractivity contribution in [2.75, 3.05) is 6.61 Å². The van der Waals surface area contributed by atoms with Crippen LogP contribution in [0.2, 0.25) is 0 Å². The molecule has 0 radical (unpaired) electrons. The minimum Gasteiger partial charge on any atom is -0.494 e. The van der Waals surface area contributed by atoms with Crippen molar-refractivity contribution in [1.29, 1.82) is 0 Å². The van der Waals surface area contributed by atoms with Gasteiger partial charge < -0.3 is 19.2 Å². The van der Waals surface area contributed by atoms with Gasteiger partial charge in [0.1, 0.15) is 17.8 Å². The third kappa shape index (κ3) is 3.51. The lowest BCUT2D eigenvalue weighted by Gasteiger charge is -2.05. The molecule has 1 fully saturated rings. The first kappa shape index (κ1) is 13.0. The largest absolute Gasteiger partial charge is 0.494 e. The van der Waals surface area contributed by atoms with Gasteiger partial charge in [0.05, 0.1) is 12.3 Å². The molecular formula is C15H18N2O3. The third-order valence-corrected chi connectivity index (χ3v) is 3.00. The standard InChI is InChI=1S/C15H18N2O3/c1-2-18-13-4-3-5-14(8-13)20-15-17-12(10-19-15)9-16-11-6-7-11/h3-5,8,10-11,16H,2,6-7,9H2,1H3. The summed E-state index contributed by atoms with van der Waals surface area (Å²) in [4.78, 5) is 4.29. The molecule has 0 aliphatic heterocycles. The highest BCUT2D eigenvalue weighted by atomic mass is 16.6. The molecule has 0 spiro atoms. The summed E-state index contributed by atoms with van der Waals surface area (Å²) in [6.07, 6.45) is 4.39. The van der Waals surface area contributed by atoms with Crippen molar-refractivity contribution < 1.29 is 13.9 Å². The van der Waals surface area contributed by atoms with Crippen LogP contribution in [0.15, 0.2) is 34.9 Å². The van der Waals surface area contributed by atoms with E-state index in [-0.39, 0.29) is 6.08 Å². The van der Waals surface area contributed by atoms with Gasteiger partial charge >= 0.3 is 6.08 Å². The van der Waals surface area contributed by atoms with Gasteiger partial charge in [0.15, 0.2) is 0 Å². The minimum atomic E-state index is 0.256. The second kappa shape index (κ2) is 5.96. The summed E-state index contributed by atoms with van der Waals surface area (Å²) < 4.78 is 16.3. The molecule has 0 bridgehead atoms. The van der Waals surface area contributed by atoms with Crippen LogP contribution in [0.5, 0.6) is 17.6 Å². The van der Waals surface area contributed by atoms with E-state index in [4.69, 9.17) is 13.9 Å². The lowest BCUT2D eigenvalue weighted by Crippen LogP contribution is -2.15. The highest BCUT2D eigenvalue weighted by Crippen LogP contribution is 2.25. The van der Waals surface area contributed by atoms with Gasteiger partial charge in [-0.2, -0.15) is 4.98 Å². The van der Waals surface area contributed by atoms with Gasteiger partial charge in [-0.3, -0.25) is 0 Å². The van der Waals surface area contributed by atoms with Gasteiger partial charge in [-0.05, 0) is 31.9 Å². The molecule has 106 valence electrons. The molecule has 1 aromatic heterocycles. The maximum absolute atomic E-state index is 5.58. The normalized spacial score (nSPS) is 14.2. The molecule has 5 nitrogen and oxygen atoms in total. The lowest BCUT2D eigenvalue weighted by atomic mass is 10.3. The van der Waals surface area contributed by atoms with Crippen molar-refractivity contribution >= 4 is 0 Å².